The lowest BCUT2D eigenvalue weighted by atomic mass is 9.99. The largest absolute Gasteiger partial charge is 0.396 e. The van der Waals surface area contributed by atoms with E-state index in [1.807, 2.05) is 31.2 Å². The second-order valence-corrected chi connectivity index (χ2v) is 8.97. The Balaban J connectivity index is 2.02. The van der Waals surface area contributed by atoms with E-state index in [4.69, 9.17) is 0 Å². The smallest absolute Gasteiger partial charge is 0.182 e. The van der Waals surface area contributed by atoms with Crippen LogP contribution in [0.4, 0.5) is 0 Å². The summed E-state index contributed by atoms with van der Waals surface area (Å²) in [5.41, 5.74) is 1.97. The molecule has 2 aromatic rings. The molecule has 0 bridgehead atoms. The lowest BCUT2D eigenvalue weighted by Gasteiger charge is -2.11. The van der Waals surface area contributed by atoms with Crippen molar-refractivity contribution in [1.82, 2.24) is 0 Å². The third kappa shape index (κ3) is 2.90. The zero-order valence-corrected chi connectivity index (χ0v) is 15.3. The van der Waals surface area contributed by atoms with Crippen LogP contribution in [0, 0.1) is 12.3 Å². The zero-order chi connectivity index (χ0) is 18.2. The highest BCUT2D eigenvalue weighted by Crippen LogP contribution is 2.63. The van der Waals surface area contributed by atoms with E-state index in [-0.39, 0.29) is 18.1 Å². The van der Waals surface area contributed by atoms with E-state index in [9.17, 15) is 18.6 Å². The van der Waals surface area contributed by atoms with E-state index >= 15 is 0 Å². The third-order valence-corrected chi connectivity index (χ3v) is 7.74. The Labute approximate surface area is 149 Å². The van der Waals surface area contributed by atoms with Crippen LogP contribution >= 0.6 is 0 Å². The van der Waals surface area contributed by atoms with E-state index in [0.29, 0.717) is 0 Å². The lowest BCUT2D eigenvalue weighted by Crippen LogP contribution is -2.23. The monoisotopic (exact) mass is 360 g/mol. The summed E-state index contributed by atoms with van der Waals surface area (Å²) in [4.78, 5) is 0.238. The molecule has 0 aromatic heterocycles. The van der Waals surface area contributed by atoms with Gasteiger partial charge in [0.1, 0.15) is 0 Å². The first-order valence-electron chi connectivity index (χ1n) is 8.52. The molecule has 2 aromatic carbocycles. The number of rotatable bonds is 6. The summed E-state index contributed by atoms with van der Waals surface area (Å²) < 4.78 is 26.2. The van der Waals surface area contributed by atoms with Gasteiger partial charge in [0.15, 0.2) is 9.84 Å². The number of aliphatic hydroxyl groups excluding tert-OH is 2. The van der Waals surface area contributed by atoms with Crippen LogP contribution in [0.3, 0.4) is 0 Å². The number of benzene rings is 2. The van der Waals surface area contributed by atoms with E-state index < -0.39 is 26.4 Å². The Morgan fingerprint density at radius 1 is 0.960 bits per heavy atom. The topological polar surface area (TPSA) is 74.6 Å². The van der Waals surface area contributed by atoms with Crippen LogP contribution in [-0.2, 0) is 16.3 Å². The van der Waals surface area contributed by atoms with Gasteiger partial charge in [0.2, 0.25) is 0 Å². The molecule has 0 radical (unpaired) electrons. The van der Waals surface area contributed by atoms with Gasteiger partial charge in [0.05, 0.1) is 23.4 Å². The number of aryl methyl sites for hydroxylation is 2. The fourth-order valence-corrected chi connectivity index (χ4v) is 6.14. The summed E-state index contributed by atoms with van der Waals surface area (Å²) in [6.07, 6.45) is 0.904. The minimum Gasteiger partial charge on any atom is -0.396 e. The number of sulfone groups is 1. The maximum Gasteiger partial charge on any atom is 0.182 e. The molecule has 2 N–H and O–H groups in total. The molecule has 5 heteroatoms. The van der Waals surface area contributed by atoms with E-state index in [2.05, 4.69) is 6.92 Å². The van der Waals surface area contributed by atoms with E-state index in [0.717, 1.165) is 17.5 Å². The van der Waals surface area contributed by atoms with Crippen LogP contribution in [0.2, 0.25) is 0 Å². The molecule has 0 unspecified atom stereocenters. The van der Waals surface area contributed by atoms with Gasteiger partial charge >= 0.3 is 0 Å². The van der Waals surface area contributed by atoms with E-state index in [1.165, 1.54) is 5.56 Å². The quantitative estimate of drug-likeness (QED) is 0.830. The molecule has 0 saturated heterocycles. The summed E-state index contributed by atoms with van der Waals surface area (Å²) in [7, 11) is -3.65. The highest BCUT2D eigenvalue weighted by Gasteiger charge is 2.70. The van der Waals surface area contributed by atoms with Crippen LogP contribution in [0.5, 0.6) is 0 Å². The molecule has 0 amide bonds. The Hall–Kier alpha value is -1.69. The van der Waals surface area contributed by atoms with Crippen molar-refractivity contribution in [3.63, 3.8) is 0 Å². The molecule has 25 heavy (non-hydrogen) atoms. The minimum absolute atomic E-state index is 0.238. The Morgan fingerprint density at radius 3 is 2.00 bits per heavy atom. The number of hydrogen-bond acceptors (Lipinski definition) is 4. The Morgan fingerprint density at radius 2 is 1.52 bits per heavy atom. The van der Waals surface area contributed by atoms with Crippen molar-refractivity contribution in [2.24, 2.45) is 5.41 Å². The molecule has 134 valence electrons. The zero-order valence-electron chi connectivity index (χ0n) is 14.5. The van der Waals surface area contributed by atoms with Crippen LogP contribution in [0.15, 0.2) is 53.4 Å². The molecule has 0 spiro atoms. The normalized spacial score (nSPS) is 21.9. The van der Waals surface area contributed by atoms with Gasteiger partial charge in [-0.15, -0.1) is 0 Å². The first-order valence-corrected chi connectivity index (χ1v) is 10.1. The number of aliphatic hydroxyl groups is 2. The molecular weight excluding hydrogens is 336 g/mol. The molecule has 3 rings (SSSR count). The van der Waals surface area contributed by atoms with Crippen molar-refractivity contribution in [3.05, 3.63) is 65.2 Å². The average Bonchev–Trinajstić information content (AvgIpc) is 3.33. The van der Waals surface area contributed by atoms with Gasteiger partial charge in [-0.3, -0.25) is 0 Å². The summed E-state index contributed by atoms with van der Waals surface area (Å²) >= 11 is 0. The van der Waals surface area contributed by atoms with Crippen LogP contribution in [0.1, 0.15) is 29.5 Å². The summed E-state index contributed by atoms with van der Waals surface area (Å²) in [6.45, 7) is 3.23. The summed E-state index contributed by atoms with van der Waals surface area (Å²) in [6, 6.07) is 14.5. The molecule has 1 fully saturated rings. The maximum absolute atomic E-state index is 13.1. The van der Waals surface area contributed by atoms with Crippen LogP contribution < -0.4 is 0 Å². The summed E-state index contributed by atoms with van der Waals surface area (Å²) in [5.74, 6) is -0.403. The van der Waals surface area contributed by atoms with Gasteiger partial charge in [-0.2, -0.15) is 0 Å². The summed E-state index contributed by atoms with van der Waals surface area (Å²) in [5, 5.41) is 19.0. The SMILES string of the molecule is CCc1ccc([C@H]2[C@H](S(=O)(=O)c3ccc(C)cc3)C2(CO)CO)cc1. The van der Waals surface area contributed by atoms with Crippen molar-refractivity contribution in [3.8, 4) is 0 Å². The van der Waals surface area contributed by atoms with Gasteiger partial charge < -0.3 is 10.2 Å². The standard InChI is InChI=1S/C20H24O4S/c1-3-15-6-8-16(9-7-15)18-19(20(18,12-21)13-22)25(23,24)17-10-4-14(2)5-11-17/h4-11,18-19,21-22H,3,12-13H2,1-2H3/t18-,19-/m0/s1. The first-order chi connectivity index (χ1) is 11.9. The fourth-order valence-electron chi connectivity index (χ4n) is 3.71. The van der Waals surface area contributed by atoms with Gasteiger partial charge in [0.25, 0.3) is 0 Å². The second kappa shape index (κ2) is 6.56. The molecule has 1 aliphatic carbocycles. The lowest BCUT2D eigenvalue weighted by molar-refractivity contribution is 0.130. The van der Waals surface area contributed by atoms with Crippen LogP contribution in [0.25, 0.3) is 0 Å². The Kier molecular flexibility index (Phi) is 4.75. The predicted octanol–water partition coefficient (Wildman–Crippen LogP) is 2.47. The number of hydrogen-bond donors (Lipinski definition) is 2. The van der Waals surface area contributed by atoms with Gasteiger partial charge in [0, 0.05) is 11.3 Å². The molecule has 2 atom stereocenters. The molecular formula is C20H24O4S. The molecule has 0 aliphatic heterocycles. The predicted molar refractivity (Wildman–Crippen MR) is 97.3 cm³/mol. The van der Waals surface area contributed by atoms with E-state index in [1.54, 1.807) is 24.3 Å². The second-order valence-electron chi connectivity index (χ2n) is 6.90. The molecule has 0 heterocycles. The highest BCUT2D eigenvalue weighted by atomic mass is 32.2. The van der Waals surface area contributed by atoms with Gasteiger partial charge in [-0.25, -0.2) is 8.42 Å². The average molecular weight is 360 g/mol. The van der Waals surface area contributed by atoms with Crippen molar-refractivity contribution >= 4 is 9.84 Å². The molecule has 1 aliphatic rings. The van der Waals surface area contributed by atoms with Crippen molar-refractivity contribution in [2.45, 2.75) is 36.3 Å². The van der Waals surface area contributed by atoms with Crippen molar-refractivity contribution < 1.29 is 18.6 Å². The van der Waals surface area contributed by atoms with Crippen molar-refractivity contribution in [2.75, 3.05) is 13.2 Å². The maximum atomic E-state index is 13.1. The fraction of sp³-hybridized carbons (Fsp3) is 0.400. The Bertz CT molecular complexity index is 834. The third-order valence-electron chi connectivity index (χ3n) is 5.40. The van der Waals surface area contributed by atoms with Gasteiger partial charge in [-0.1, -0.05) is 48.9 Å². The molecule has 1 saturated carbocycles. The first kappa shape index (κ1) is 18.1. The van der Waals surface area contributed by atoms with Crippen LogP contribution in [-0.4, -0.2) is 37.1 Å². The minimum atomic E-state index is -3.65. The highest BCUT2D eigenvalue weighted by molar-refractivity contribution is 7.92. The van der Waals surface area contributed by atoms with Gasteiger partial charge in [-0.05, 0) is 36.6 Å². The van der Waals surface area contributed by atoms with Crippen molar-refractivity contribution in [1.29, 1.82) is 0 Å². The molecule has 4 nitrogen and oxygen atoms in total.